The van der Waals surface area contributed by atoms with E-state index < -0.39 is 0 Å². The van der Waals surface area contributed by atoms with E-state index in [0.29, 0.717) is 18.4 Å². The van der Waals surface area contributed by atoms with Crippen LogP contribution < -0.4 is 5.32 Å². The fourth-order valence-electron chi connectivity index (χ4n) is 5.37. The minimum Gasteiger partial charge on any atom is -0.355 e. The molecule has 2 amide bonds. The summed E-state index contributed by atoms with van der Waals surface area (Å²) in [6.45, 7) is 5.78. The van der Waals surface area contributed by atoms with Gasteiger partial charge in [-0.05, 0) is 55.1 Å². The van der Waals surface area contributed by atoms with Crippen LogP contribution in [-0.2, 0) is 16.0 Å². The second kappa shape index (κ2) is 9.95. The van der Waals surface area contributed by atoms with Gasteiger partial charge in [-0.2, -0.15) is 0 Å². The molecule has 0 bridgehead atoms. The van der Waals surface area contributed by atoms with Crippen molar-refractivity contribution in [1.29, 1.82) is 0 Å². The van der Waals surface area contributed by atoms with Crippen LogP contribution in [0.2, 0.25) is 0 Å². The summed E-state index contributed by atoms with van der Waals surface area (Å²) < 4.78 is 0. The Hall–Kier alpha value is -1.88. The Morgan fingerprint density at radius 3 is 2.50 bits per heavy atom. The number of hydrogen-bond acceptors (Lipinski definition) is 3. The molecule has 0 aromatic heterocycles. The predicted molar refractivity (Wildman–Crippen MR) is 119 cm³/mol. The number of rotatable bonds is 5. The molecule has 2 heterocycles. The van der Waals surface area contributed by atoms with E-state index >= 15 is 0 Å². The molecule has 2 aliphatic heterocycles. The van der Waals surface area contributed by atoms with Gasteiger partial charge in [-0.25, -0.2) is 0 Å². The van der Waals surface area contributed by atoms with Gasteiger partial charge in [-0.1, -0.05) is 50.5 Å². The second-order valence-electron chi connectivity index (χ2n) is 9.64. The van der Waals surface area contributed by atoms with Crippen molar-refractivity contribution in [2.75, 3.05) is 32.7 Å². The Balaban J connectivity index is 1.44. The summed E-state index contributed by atoms with van der Waals surface area (Å²) in [6, 6.07) is 7.95. The van der Waals surface area contributed by atoms with E-state index in [4.69, 9.17) is 0 Å². The topological polar surface area (TPSA) is 52.7 Å². The molecule has 1 atom stereocenters. The highest BCUT2D eigenvalue weighted by atomic mass is 16.2. The van der Waals surface area contributed by atoms with Crippen LogP contribution in [0.1, 0.15) is 69.0 Å². The van der Waals surface area contributed by atoms with Crippen LogP contribution in [0.3, 0.4) is 0 Å². The highest BCUT2D eigenvalue weighted by Gasteiger charge is 2.37. The largest absolute Gasteiger partial charge is 0.355 e. The maximum atomic E-state index is 13.6. The molecule has 3 aliphatic rings. The molecule has 1 N–H and O–H groups in total. The first kappa shape index (κ1) is 21.4. The van der Waals surface area contributed by atoms with E-state index in [9.17, 15) is 9.59 Å². The van der Waals surface area contributed by atoms with Crippen LogP contribution in [0, 0.1) is 11.8 Å². The number of nitrogens with zero attached hydrogens (tertiary/aromatic N) is 2. The quantitative estimate of drug-likeness (QED) is 0.806. The lowest BCUT2D eigenvalue weighted by Gasteiger charge is -2.40. The first-order valence-electron chi connectivity index (χ1n) is 12.0. The maximum absolute atomic E-state index is 13.6. The summed E-state index contributed by atoms with van der Waals surface area (Å²) in [5, 5.41) is 3.16. The molecular formula is C25H37N3O2. The van der Waals surface area contributed by atoms with Crippen molar-refractivity contribution in [2.45, 2.75) is 64.3 Å². The minimum absolute atomic E-state index is 0.0602. The van der Waals surface area contributed by atoms with E-state index in [1.807, 2.05) is 11.0 Å². The van der Waals surface area contributed by atoms with Gasteiger partial charge in [0.25, 0.3) is 0 Å². The molecule has 4 rings (SSSR count). The second-order valence-corrected chi connectivity index (χ2v) is 9.64. The van der Waals surface area contributed by atoms with Crippen molar-refractivity contribution >= 4 is 11.8 Å². The van der Waals surface area contributed by atoms with Crippen LogP contribution in [0.15, 0.2) is 24.3 Å². The first-order valence-corrected chi connectivity index (χ1v) is 12.0. The van der Waals surface area contributed by atoms with Crippen molar-refractivity contribution in [3.63, 3.8) is 0 Å². The molecule has 1 aliphatic carbocycles. The average Bonchev–Trinajstić information content (AvgIpc) is 2.78. The van der Waals surface area contributed by atoms with Crippen molar-refractivity contribution < 1.29 is 9.59 Å². The van der Waals surface area contributed by atoms with Gasteiger partial charge < -0.3 is 10.2 Å². The summed E-state index contributed by atoms with van der Waals surface area (Å²) in [6.07, 6.45) is 9.40. The predicted octanol–water partition coefficient (Wildman–Crippen LogP) is 3.54. The molecule has 1 aromatic carbocycles. The standard InChI is InChI=1S/C25H37N3O2/c1-19-11-14-27(15-12-19)25(30)24-22-10-6-5-9-21(22)13-16-28(24)18-23(29)26-17-20-7-3-2-4-8-20/h5-6,9-10,19-20,24H,2-4,7-8,11-18H2,1H3,(H,26,29)/t24-/m1/s1. The van der Waals surface area contributed by atoms with Crippen molar-refractivity contribution in [3.05, 3.63) is 35.4 Å². The number of likely N-dealkylation sites (tertiary alicyclic amines) is 1. The SMILES string of the molecule is CC1CCN(C(=O)[C@H]2c3ccccc3CCN2CC(=O)NCC2CCCCC2)CC1. The highest BCUT2D eigenvalue weighted by molar-refractivity contribution is 5.85. The van der Waals surface area contributed by atoms with Gasteiger partial charge in [-0.15, -0.1) is 0 Å². The third kappa shape index (κ3) is 5.05. The van der Waals surface area contributed by atoms with Crippen molar-refractivity contribution in [2.24, 2.45) is 11.8 Å². The van der Waals surface area contributed by atoms with E-state index in [1.54, 1.807) is 0 Å². The molecule has 5 heteroatoms. The van der Waals surface area contributed by atoms with E-state index in [1.165, 1.54) is 37.7 Å². The zero-order chi connectivity index (χ0) is 20.9. The number of hydrogen-bond donors (Lipinski definition) is 1. The Morgan fingerprint density at radius 1 is 1.00 bits per heavy atom. The van der Waals surface area contributed by atoms with Crippen molar-refractivity contribution in [1.82, 2.24) is 15.1 Å². The monoisotopic (exact) mass is 411 g/mol. The summed E-state index contributed by atoms with van der Waals surface area (Å²) >= 11 is 0. The Morgan fingerprint density at radius 2 is 1.73 bits per heavy atom. The van der Waals surface area contributed by atoms with E-state index in [2.05, 4.69) is 35.3 Å². The van der Waals surface area contributed by atoms with E-state index in [-0.39, 0.29) is 17.9 Å². The van der Waals surface area contributed by atoms with Gasteiger partial charge in [0, 0.05) is 26.2 Å². The first-order chi connectivity index (χ1) is 14.6. The van der Waals surface area contributed by atoms with E-state index in [0.717, 1.165) is 51.0 Å². The zero-order valence-electron chi connectivity index (χ0n) is 18.4. The molecule has 1 aromatic rings. The number of nitrogens with one attached hydrogen (secondary N) is 1. The summed E-state index contributed by atoms with van der Waals surface area (Å²) in [7, 11) is 0. The number of piperidine rings is 1. The molecule has 0 radical (unpaired) electrons. The lowest BCUT2D eigenvalue weighted by molar-refractivity contribution is -0.140. The van der Waals surface area contributed by atoms with Gasteiger partial charge in [0.05, 0.1) is 6.54 Å². The summed E-state index contributed by atoms with van der Waals surface area (Å²) in [4.78, 5) is 30.5. The summed E-state index contributed by atoms with van der Waals surface area (Å²) in [5.41, 5.74) is 2.34. The third-order valence-electron chi connectivity index (χ3n) is 7.37. The molecule has 0 unspecified atom stereocenters. The number of carbonyl (C=O) groups excluding carboxylic acids is 2. The number of amides is 2. The zero-order valence-corrected chi connectivity index (χ0v) is 18.4. The van der Waals surface area contributed by atoms with Crippen LogP contribution in [0.5, 0.6) is 0 Å². The molecule has 1 saturated carbocycles. The van der Waals surface area contributed by atoms with Crippen LogP contribution in [0.4, 0.5) is 0 Å². The average molecular weight is 412 g/mol. The molecule has 2 fully saturated rings. The molecule has 30 heavy (non-hydrogen) atoms. The molecular weight excluding hydrogens is 374 g/mol. The Labute approximate surface area is 181 Å². The van der Waals surface area contributed by atoms with Crippen LogP contribution in [-0.4, -0.2) is 54.3 Å². The van der Waals surface area contributed by atoms with Crippen LogP contribution in [0.25, 0.3) is 0 Å². The lowest BCUT2D eigenvalue weighted by Crippen LogP contribution is -2.51. The van der Waals surface area contributed by atoms with Gasteiger partial charge >= 0.3 is 0 Å². The normalized spacial score (nSPS) is 23.8. The Bertz CT molecular complexity index is 736. The lowest BCUT2D eigenvalue weighted by atomic mass is 9.89. The fraction of sp³-hybridized carbons (Fsp3) is 0.680. The third-order valence-corrected chi connectivity index (χ3v) is 7.37. The minimum atomic E-state index is -0.330. The van der Waals surface area contributed by atoms with Crippen LogP contribution >= 0.6 is 0 Å². The number of benzene rings is 1. The number of carbonyl (C=O) groups is 2. The van der Waals surface area contributed by atoms with Gasteiger partial charge in [0.2, 0.25) is 11.8 Å². The van der Waals surface area contributed by atoms with Gasteiger partial charge in [0.15, 0.2) is 0 Å². The molecule has 0 spiro atoms. The van der Waals surface area contributed by atoms with Gasteiger partial charge in [-0.3, -0.25) is 14.5 Å². The molecule has 164 valence electrons. The number of fused-ring (bicyclic) bond motifs is 1. The highest BCUT2D eigenvalue weighted by Crippen LogP contribution is 2.32. The maximum Gasteiger partial charge on any atom is 0.244 e. The fourth-order valence-corrected chi connectivity index (χ4v) is 5.37. The molecule has 1 saturated heterocycles. The smallest absolute Gasteiger partial charge is 0.244 e. The Kier molecular flexibility index (Phi) is 7.08. The van der Waals surface area contributed by atoms with Gasteiger partial charge in [0.1, 0.15) is 6.04 Å². The summed E-state index contributed by atoms with van der Waals surface area (Å²) in [5.74, 6) is 1.55. The van der Waals surface area contributed by atoms with Crippen molar-refractivity contribution in [3.8, 4) is 0 Å². The molecule has 5 nitrogen and oxygen atoms in total.